The maximum atomic E-state index is 11.3. The molecule has 1 rings (SSSR count). The molecular formula is C12H14ClN3O5. The van der Waals surface area contributed by atoms with Crippen molar-refractivity contribution in [1.29, 1.82) is 0 Å². The largest absolute Gasteiger partial charge is 0.439 e. The number of halogens is 1. The van der Waals surface area contributed by atoms with Crippen LogP contribution in [0.2, 0.25) is 5.02 Å². The highest BCUT2D eigenvalue weighted by Gasteiger charge is 2.20. The minimum absolute atomic E-state index is 0.150. The van der Waals surface area contributed by atoms with Crippen LogP contribution in [0, 0.1) is 0 Å². The summed E-state index contributed by atoms with van der Waals surface area (Å²) in [5.74, 6) is 0. The molecule has 1 aromatic carbocycles. The van der Waals surface area contributed by atoms with Crippen molar-refractivity contribution in [3.8, 4) is 0 Å². The molecule has 8 nitrogen and oxygen atoms in total. The first kappa shape index (κ1) is 16.6. The van der Waals surface area contributed by atoms with E-state index in [0.29, 0.717) is 10.6 Å². The minimum atomic E-state index is -1.24. The van der Waals surface area contributed by atoms with Crippen LogP contribution in [0.4, 0.5) is 14.4 Å². The third-order valence-corrected chi connectivity index (χ3v) is 2.67. The zero-order valence-corrected chi connectivity index (χ0v) is 11.8. The van der Waals surface area contributed by atoms with Crippen molar-refractivity contribution in [3.63, 3.8) is 0 Å². The Morgan fingerprint density at radius 3 is 2.52 bits per heavy atom. The van der Waals surface area contributed by atoms with Crippen LogP contribution >= 0.6 is 11.6 Å². The van der Waals surface area contributed by atoms with Gasteiger partial charge in [-0.3, -0.25) is 0 Å². The van der Waals surface area contributed by atoms with Crippen molar-refractivity contribution in [2.75, 3.05) is 13.6 Å². The second-order valence-electron chi connectivity index (χ2n) is 3.75. The molecule has 0 aromatic heterocycles. The summed E-state index contributed by atoms with van der Waals surface area (Å²) in [5.41, 5.74) is 5.19. The Labute approximate surface area is 125 Å². The van der Waals surface area contributed by atoms with E-state index in [9.17, 15) is 14.4 Å². The van der Waals surface area contributed by atoms with Crippen molar-refractivity contribution < 1.29 is 23.9 Å². The molecule has 0 aliphatic heterocycles. The van der Waals surface area contributed by atoms with Gasteiger partial charge in [-0.15, -0.1) is 0 Å². The van der Waals surface area contributed by atoms with Gasteiger partial charge in [0.1, 0.15) is 6.10 Å². The van der Waals surface area contributed by atoms with Gasteiger partial charge in [0.2, 0.25) is 0 Å². The second kappa shape index (κ2) is 7.95. The van der Waals surface area contributed by atoms with Crippen molar-refractivity contribution >= 4 is 29.9 Å². The summed E-state index contributed by atoms with van der Waals surface area (Å²) >= 11 is 6.02. The molecule has 114 valence electrons. The zero-order valence-electron chi connectivity index (χ0n) is 11.1. The number of nitrogens with two attached hydrogens (primary N) is 1. The first-order valence-electron chi connectivity index (χ1n) is 5.82. The molecule has 0 aliphatic carbocycles. The van der Waals surface area contributed by atoms with Crippen LogP contribution in [0.15, 0.2) is 24.3 Å². The van der Waals surface area contributed by atoms with Crippen LogP contribution in [0.1, 0.15) is 11.7 Å². The number of hydrogen-bond donors (Lipinski definition) is 3. The quantitative estimate of drug-likeness (QED) is 0.728. The highest BCUT2D eigenvalue weighted by atomic mass is 35.5. The number of primary amides is 1. The van der Waals surface area contributed by atoms with Crippen LogP contribution < -0.4 is 16.4 Å². The number of nitrogens with one attached hydrogen (secondary N) is 2. The number of benzene rings is 1. The number of amides is 3. The van der Waals surface area contributed by atoms with Crippen molar-refractivity contribution in [1.82, 2.24) is 10.6 Å². The molecule has 0 spiro atoms. The number of carbonyl (C=O) groups excluding carboxylic acids is 3. The molecule has 9 heteroatoms. The fourth-order valence-electron chi connectivity index (χ4n) is 1.44. The fourth-order valence-corrected chi connectivity index (χ4v) is 1.70. The summed E-state index contributed by atoms with van der Waals surface area (Å²) in [7, 11) is 1.39. The van der Waals surface area contributed by atoms with Gasteiger partial charge < -0.3 is 25.8 Å². The Kier molecular flexibility index (Phi) is 6.28. The Bertz CT molecular complexity index is 537. The van der Waals surface area contributed by atoms with E-state index in [1.165, 1.54) is 7.05 Å². The highest BCUT2D eigenvalue weighted by molar-refractivity contribution is 6.31. The number of alkyl carbamates (subject to hydrolysis) is 2. The molecular weight excluding hydrogens is 302 g/mol. The third kappa shape index (κ3) is 5.57. The molecule has 0 heterocycles. The van der Waals surface area contributed by atoms with E-state index in [1.54, 1.807) is 24.3 Å². The van der Waals surface area contributed by atoms with Crippen LogP contribution in [-0.4, -0.2) is 31.9 Å². The molecule has 1 atom stereocenters. The van der Waals surface area contributed by atoms with Gasteiger partial charge in [-0.2, -0.15) is 0 Å². The molecule has 0 saturated heterocycles. The standard InChI is InChI=1S/C12H14ClN3O5/c1-15-11(18)20-9(6-16-12(19)21-10(14)17)7-4-2-3-5-8(7)13/h2-5,9H,6H2,1H3,(H2,14,17)(H,15,18)(H,16,19)/t9-/m0/s1. The molecule has 0 saturated carbocycles. The lowest BCUT2D eigenvalue weighted by molar-refractivity contribution is 0.0958. The Morgan fingerprint density at radius 2 is 1.95 bits per heavy atom. The van der Waals surface area contributed by atoms with Gasteiger partial charge >= 0.3 is 18.3 Å². The lowest BCUT2D eigenvalue weighted by Crippen LogP contribution is -2.34. The van der Waals surface area contributed by atoms with Gasteiger partial charge in [-0.25, -0.2) is 14.4 Å². The van der Waals surface area contributed by atoms with Gasteiger partial charge in [0.05, 0.1) is 6.54 Å². The average Bonchev–Trinajstić information content (AvgIpc) is 2.43. The predicted molar refractivity (Wildman–Crippen MR) is 73.8 cm³/mol. The molecule has 4 N–H and O–H groups in total. The van der Waals surface area contributed by atoms with Crippen LogP contribution in [0.5, 0.6) is 0 Å². The molecule has 21 heavy (non-hydrogen) atoms. The molecule has 3 amide bonds. The van der Waals surface area contributed by atoms with Crippen molar-refractivity contribution in [2.24, 2.45) is 5.73 Å². The Balaban J connectivity index is 2.78. The summed E-state index contributed by atoms with van der Waals surface area (Å²) in [6.07, 6.45) is -3.86. The van der Waals surface area contributed by atoms with Crippen LogP contribution in [-0.2, 0) is 9.47 Å². The van der Waals surface area contributed by atoms with Gasteiger partial charge in [0, 0.05) is 17.6 Å². The molecule has 1 aromatic rings. The van der Waals surface area contributed by atoms with Crippen LogP contribution in [0.25, 0.3) is 0 Å². The third-order valence-electron chi connectivity index (χ3n) is 2.33. The van der Waals surface area contributed by atoms with E-state index in [-0.39, 0.29) is 6.54 Å². The molecule has 0 radical (unpaired) electrons. The van der Waals surface area contributed by atoms with E-state index in [2.05, 4.69) is 15.4 Å². The summed E-state index contributed by atoms with van der Waals surface area (Å²) in [4.78, 5) is 33.0. The SMILES string of the molecule is CNC(=O)O[C@@H](CNC(=O)OC(N)=O)c1ccccc1Cl. The maximum Gasteiger partial charge on any atom is 0.416 e. The predicted octanol–water partition coefficient (Wildman–Crippen LogP) is 1.54. The Morgan fingerprint density at radius 1 is 1.29 bits per heavy atom. The lowest BCUT2D eigenvalue weighted by Gasteiger charge is -2.19. The number of carbonyl (C=O) groups is 3. The fraction of sp³-hybridized carbons (Fsp3) is 0.250. The molecule has 0 unspecified atom stereocenters. The monoisotopic (exact) mass is 315 g/mol. The number of rotatable bonds is 4. The zero-order chi connectivity index (χ0) is 15.8. The Hall–Kier alpha value is -2.48. The van der Waals surface area contributed by atoms with E-state index >= 15 is 0 Å². The summed E-state index contributed by atoms with van der Waals surface area (Å²) in [6, 6.07) is 6.65. The minimum Gasteiger partial charge on any atom is -0.439 e. The molecule has 0 aliphatic rings. The summed E-state index contributed by atoms with van der Waals surface area (Å²) in [5, 5.41) is 4.88. The van der Waals surface area contributed by atoms with Gasteiger partial charge in [0.15, 0.2) is 0 Å². The van der Waals surface area contributed by atoms with Gasteiger partial charge in [-0.1, -0.05) is 29.8 Å². The normalized spacial score (nSPS) is 11.1. The molecule has 0 bridgehead atoms. The van der Waals surface area contributed by atoms with Crippen molar-refractivity contribution in [2.45, 2.75) is 6.10 Å². The van der Waals surface area contributed by atoms with E-state index in [1.807, 2.05) is 0 Å². The topological polar surface area (TPSA) is 120 Å². The first-order valence-corrected chi connectivity index (χ1v) is 6.19. The molecule has 0 fully saturated rings. The van der Waals surface area contributed by atoms with E-state index < -0.39 is 24.4 Å². The lowest BCUT2D eigenvalue weighted by atomic mass is 10.1. The van der Waals surface area contributed by atoms with Crippen LogP contribution in [0.3, 0.4) is 0 Å². The van der Waals surface area contributed by atoms with E-state index in [4.69, 9.17) is 22.1 Å². The number of ether oxygens (including phenoxy) is 2. The smallest absolute Gasteiger partial charge is 0.416 e. The number of hydrogen-bond acceptors (Lipinski definition) is 5. The highest BCUT2D eigenvalue weighted by Crippen LogP contribution is 2.25. The van der Waals surface area contributed by atoms with E-state index in [0.717, 1.165) is 0 Å². The second-order valence-corrected chi connectivity index (χ2v) is 4.16. The van der Waals surface area contributed by atoms with Gasteiger partial charge in [-0.05, 0) is 6.07 Å². The first-order chi connectivity index (χ1) is 9.93. The summed E-state index contributed by atoms with van der Waals surface area (Å²) in [6.45, 7) is -0.150. The van der Waals surface area contributed by atoms with Gasteiger partial charge in [0.25, 0.3) is 0 Å². The van der Waals surface area contributed by atoms with Crippen molar-refractivity contribution in [3.05, 3.63) is 34.9 Å². The summed E-state index contributed by atoms with van der Waals surface area (Å²) < 4.78 is 9.20. The average molecular weight is 316 g/mol. The maximum absolute atomic E-state index is 11.3.